The molecule has 21 heavy (non-hydrogen) atoms. The fourth-order valence-corrected chi connectivity index (χ4v) is 2.17. The maximum atomic E-state index is 14.1. The summed E-state index contributed by atoms with van der Waals surface area (Å²) in [5, 5.41) is 5.77. The Labute approximate surface area is 119 Å². The molecular weight excluding hydrogens is 285 g/mol. The number of nitrogens with zero attached hydrogens (tertiary/aromatic N) is 3. The molecule has 5 nitrogen and oxygen atoms in total. The van der Waals surface area contributed by atoms with Crippen molar-refractivity contribution in [3.05, 3.63) is 46.3 Å². The van der Waals surface area contributed by atoms with Gasteiger partial charge in [-0.15, -0.1) is 0 Å². The SMILES string of the molecule is [N-]=[N+]=N[C@@H]1CNCC(F)(F)[C@@H](F)[C@H]1OCc1ccccc1. The van der Waals surface area contributed by atoms with Crippen molar-refractivity contribution < 1.29 is 17.9 Å². The fraction of sp³-hybridized carbons (Fsp3) is 0.538. The summed E-state index contributed by atoms with van der Waals surface area (Å²) in [4.78, 5) is 2.58. The maximum Gasteiger partial charge on any atom is 0.293 e. The number of hydrogen-bond donors (Lipinski definition) is 1. The lowest BCUT2D eigenvalue weighted by atomic mass is 10.0. The van der Waals surface area contributed by atoms with E-state index < -0.39 is 30.8 Å². The van der Waals surface area contributed by atoms with E-state index in [0.717, 1.165) is 5.56 Å². The van der Waals surface area contributed by atoms with Gasteiger partial charge in [-0.2, -0.15) is 0 Å². The van der Waals surface area contributed by atoms with Gasteiger partial charge in [0.1, 0.15) is 6.10 Å². The Bertz CT molecular complexity index is 507. The van der Waals surface area contributed by atoms with Crippen molar-refractivity contribution in [1.82, 2.24) is 5.32 Å². The molecule has 0 spiro atoms. The minimum absolute atomic E-state index is 0.0283. The Balaban J connectivity index is 2.14. The Morgan fingerprint density at radius 3 is 2.76 bits per heavy atom. The first kappa shape index (κ1) is 15.6. The van der Waals surface area contributed by atoms with Crippen LogP contribution in [0.15, 0.2) is 35.4 Å². The van der Waals surface area contributed by atoms with E-state index in [9.17, 15) is 13.2 Å². The molecule has 1 fully saturated rings. The Hall–Kier alpha value is -1.76. The summed E-state index contributed by atoms with van der Waals surface area (Å²) in [5.74, 6) is -3.57. The van der Waals surface area contributed by atoms with Crippen LogP contribution in [-0.2, 0) is 11.3 Å². The zero-order chi connectivity index (χ0) is 15.3. The van der Waals surface area contributed by atoms with E-state index in [0.29, 0.717) is 0 Å². The largest absolute Gasteiger partial charge is 0.370 e. The quantitative estimate of drug-likeness (QED) is 0.527. The highest BCUT2D eigenvalue weighted by Gasteiger charge is 2.50. The molecule has 1 N–H and O–H groups in total. The molecular formula is C13H15F3N4O. The molecule has 0 aromatic heterocycles. The van der Waals surface area contributed by atoms with Gasteiger partial charge >= 0.3 is 0 Å². The van der Waals surface area contributed by atoms with Gasteiger partial charge in [-0.1, -0.05) is 35.4 Å². The maximum absolute atomic E-state index is 14.1. The molecule has 1 aliphatic heterocycles. The molecule has 3 atom stereocenters. The van der Waals surface area contributed by atoms with Crippen LogP contribution in [-0.4, -0.2) is 37.3 Å². The fourth-order valence-electron chi connectivity index (χ4n) is 2.17. The predicted molar refractivity (Wildman–Crippen MR) is 70.7 cm³/mol. The molecule has 1 aromatic rings. The second-order valence-corrected chi connectivity index (χ2v) is 4.83. The predicted octanol–water partition coefficient (Wildman–Crippen LogP) is 2.83. The number of benzene rings is 1. The third-order valence-electron chi connectivity index (χ3n) is 3.27. The van der Waals surface area contributed by atoms with Crippen molar-refractivity contribution in [2.75, 3.05) is 13.1 Å². The topological polar surface area (TPSA) is 70.0 Å². The van der Waals surface area contributed by atoms with Crippen LogP contribution in [0.2, 0.25) is 0 Å². The molecule has 0 radical (unpaired) electrons. The number of hydrogen-bond acceptors (Lipinski definition) is 3. The number of alkyl halides is 3. The summed E-state index contributed by atoms with van der Waals surface area (Å²) >= 11 is 0. The zero-order valence-electron chi connectivity index (χ0n) is 11.1. The van der Waals surface area contributed by atoms with Crippen LogP contribution in [0.5, 0.6) is 0 Å². The molecule has 0 bridgehead atoms. The Morgan fingerprint density at radius 1 is 1.38 bits per heavy atom. The van der Waals surface area contributed by atoms with Crippen LogP contribution in [0, 0.1) is 0 Å². The molecule has 2 rings (SSSR count). The molecule has 0 aliphatic carbocycles. The van der Waals surface area contributed by atoms with E-state index in [-0.39, 0.29) is 13.2 Å². The average Bonchev–Trinajstić information content (AvgIpc) is 2.57. The normalized spacial score (nSPS) is 28.4. The van der Waals surface area contributed by atoms with E-state index in [2.05, 4.69) is 15.3 Å². The number of azide groups is 1. The van der Waals surface area contributed by atoms with E-state index in [1.165, 1.54) is 0 Å². The van der Waals surface area contributed by atoms with Gasteiger partial charge in [-0.05, 0) is 11.1 Å². The zero-order valence-corrected chi connectivity index (χ0v) is 11.1. The van der Waals surface area contributed by atoms with Gasteiger partial charge in [-0.3, -0.25) is 0 Å². The summed E-state index contributed by atoms with van der Waals surface area (Å²) in [6.07, 6.45) is -4.03. The van der Waals surface area contributed by atoms with Gasteiger partial charge in [0.25, 0.3) is 5.92 Å². The van der Waals surface area contributed by atoms with Crippen molar-refractivity contribution >= 4 is 0 Å². The molecule has 1 heterocycles. The smallest absolute Gasteiger partial charge is 0.293 e. The number of rotatable bonds is 4. The summed E-state index contributed by atoms with van der Waals surface area (Å²) in [7, 11) is 0. The van der Waals surface area contributed by atoms with Crippen LogP contribution < -0.4 is 5.32 Å². The van der Waals surface area contributed by atoms with Gasteiger partial charge in [-0.25, -0.2) is 13.2 Å². The molecule has 8 heteroatoms. The summed E-state index contributed by atoms with van der Waals surface area (Å²) < 4.78 is 46.6. The molecule has 1 saturated heterocycles. The van der Waals surface area contributed by atoms with Crippen molar-refractivity contribution in [2.24, 2.45) is 5.11 Å². The number of nitrogens with one attached hydrogen (secondary N) is 1. The van der Waals surface area contributed by atoms with Crippen LogP contribution in [0.1, 0.15) is 5.56 Å². The van der Waals surface area contributed by atoms with E-state index in [1.807, 2.05) is 0 Å². The highest BCUT2D eigenvalue weighted by molar-refractivity contribution is 5.13. The van der Waals surface area contributed by atoms with Gasteiger partial charge in [0.2, 0.25) is 0 Å². The van der Waals surface area contributed by atoms with E-state index >= 15 is 0 Å². The second kappa shape index (κ2) is 6.80. The van der Waals surface area contributed by atoms with E-state index in [4.69, 9.17) is 10.3 Å². The van der Waals surface area contributed by atoms with Crippen LogP contribution >= 0.6 is 0 Å². The highest BCUT2D eigenvalue weighted by Crippen LogP contribution is 2.30. The molecule has 114 valence electrons. The van der Waals surface area contributed by atoms with Crippen molar-refractivity contribution in [3.63, 3.8) is 0 Å². The molecule has 0 amide bonds. The average molecular weight is 300 g/mol. The van der Waals surface area contributed by atoms with Gasteiger partial charge < -0.3 is 10.1 Å². The van der Waals surface area contributed by atoms with Gasteiger partial charge in [0, 0.05) is 11.5 Å². The lowest BCUT2D eigenvalue weighted by Gasteiger charge is -2.27. The third-order valence-corrected chi connectivity index (χ3v) is 3.27. The van der Waals surface area contributed by atoms with Crippen molar-refractivity contribution in [2.45, 2.75) is 30.8 Å². The molecule has 1 aliphatic rings. The Kier molecular flexibility index (Phi) is 5.06. The minimum atomic E-state index is -3.57. The van der Waals surface area contributed by atoms with E-state index in [1.54, 1.807) is 30.3 Å². The van der Waals surface area contributed by atoms with Crippen molar-refractivity contribution in [3.8, 4) is 0 Å². The van der Waals surface area contributed by atoms with Crippen LogP contribution in [0.4, 0.5) is 13.2 Å². The second-order valence-electron chi connectivity index (χ2n) is 4.83. The monoisotopic (exact) mass is 300 g/mol. The first-order chi connectivity index (χ1) is 10.0. The summed E-state index contributed by atoms with van der Waals surface area (Å²) in [6, 6.07) is 7.78. The van der Waals surface area contributed by atoms with Gasteiger partial charge in [0.15, 0.2) is 6.17 Å². The van der Waals surface area contributed by atoms with Crippen LogP contribution in [0.3, 0.4) is 0 Å². The first-order valence-electron chi connectivity index (χ1n) is 6.47. The number of ether oxygens (including phenoxy) is 1. The first-order valence-corrected chi connectivity index (χ1v) is 6.47. The van der Waals surface area contributed by atoms with Crippen LogP contribution in [0.25, 0.3) is 10.4 Å². The van der Waals surface area contributed by atoms with Gasteiger partial charge in [0.05, 0.1) is 19.2 Å². The molecule has 0 saturated carbocycles. The molecule has 0 unspecified atom stereocenters. The Morgan fingerprint density at radius 2 is 2.10 bits per heavy atom. The summed E-state index contributed by atoms with van der Waals surface area (Å²) in [6.45, 7) is -0.893. The summed E-state index contributed by atoms with van der Waals surface area (Å²) in [5.41, 5.74) is 9.22. The lowest BCUT2D eigenvalue weighted by Crippen LogP contribution is -2.46. The standard InChI is InChI=1S/C13H15F3N4O/c14-12-11(21-7-9-4-2-1-3-5-9)10(19-20-17)6-18-8-13(12,15)16/h1-5,10-12,18H,6-8H2/t10-,11+,12+/m1/s1. The minimum Gasteiger partial charge on any atom is -0.370 e. The lowest BCUT2D eigenvalue weighted by molar-refractivity contribution is -0.129. The third kappa shape index (κ3) is 3.87. The van der Waals surface area contributed by atoms with Crippen molar-refractivity contribution in [1.29, 1.82) is 0 Å². The highest BCUT2D eigenvalue weighted by atomic mass is 19.3. The molecule has 1 aromatic carbocycles. The number of halogens is 3.